The third-order valence-corrected chi connectivity index (χ3v) is 7.37. The maximum Gasteiger partial charge on any atom is 0.0557 e. The number of nitrogens with one attached hydrogen (secondary N) is 1. The Kier molecular flexibility index (Phi) is 7.97. The molecule has 0 aliphatic carbocycles. The summed E-state index contributed by atoms with van der Waals surface area (Å²) < 4.78 is 3.52. The van der Waals surface area contributed by atoms with Crippen molar-refractivity contribution in [1.82, 2.24) is 4.72 Å². The molecule has 3 aromatic carbocycles. The molecule has 3 aromatic rings. The van der Waals surface area contributed by atoms with Crippen LogP contribution >= 0.6 is 58.4 Å². The maximum absolute atomic E-state index is 6.58. The minimum Gasteiger partial charge on any atom is -0.364 e. The molecule has 1 aliphatic heterocycles. The first-order valence-electron chi connectivity index (χ1n) is 10.1. The summed E-state index contributed by atoms with van der Waals surface area (Å²) >= 11 is 26.6. The van der Waals surface area contributed by atoms with E-state index in [0.29, 0.717) is 16.0 Å². The molecular weight excluding hydrogens is 490 g/mol. The van der Waals surface area contributed by atoms with Gasteiger partial charge in [0.15, 0.2) is 0 Å². The predicted molar refractivity (Wildman–Crippen MR) is 136 cm³/mol. The highest BCUT2D eigenvalue weighted by molar-refractivity contribution is 7.97. The van der Waals surface area contributed by atoms with Crippen LogP contribution in [0.5, 0.6) is 0 Å². The van der Waals surface area contributed by atoms with E-state index in [2.05, 4.69) is 27.8 Å². The predicted octanol–water partition coefficient (Wildman–Crippen LogP) is 8.55. The summed E-state index contributed by atoms with van der Waals surface area (Å²) in [6.07, 6.45) is 2.12. The number of nitrogens with zero attached hydrogens (tertiary/aromatic N) is 1. The zero-order valence-corrected chi connectivity index (χ0v) is 20.5. The van der Waals surface area contributed by atoms with Crippen molar-refractivity contribution < 1.29 is 0 Å². The monoisotopic (exact) mass is 510 g/mol. The topological polar surface area (TPSA) is 15.3 Å². The Labute approximate surface area is 208 Å². The first kappa shape index (κ1) is 23.1. The fraction of sp³-hybridized carbons (Fsp3) is 0.250. The number of anilines is 1. The van der Waals surface area contributed by atoms with Crippen molar-refractivity contribution in [3.05, 3.63) is 92.4 Å². The van der Waals surface area contributed by atoms with Crippen molar-refractivity contribution in [2.75, 3.05) is 18.0 Å². The maximum atomic E-state index is 6.58. The quantitative estimate of drug-likeness (QED) is 0.333. The lowest BCUT2D eigenvalue weighted by Gasteiger charge is -2.42. The number of rotatable bonds is 6. The van der Waals surface area contributed by atoms with Gasteiger partial charge in [-0.3, -0.25) is 4.72 Å². The van der Waals surface area contributed by atoms with Gasteiger partial charge in [-0.15, -0.1) is 0 Å². The van der Waals surface area contributed by atoms with Gasteiger partial charge in [-0.1, -0.05) is 58.5 Å². The molecular formula is C24H22Cl4N2S. The first-order chi connectivity index (χ1) is 15.0. The van der Waals surface area contributed by atoms with E-state index in [1.54, 1.807) is 11.9 Å². The van der Waals surface area contributed by atoms with E-state index in [0.717, 1.165) is 52.1 Å². The highest BCUT2D eigenvalue weighted by atomic mass is 35.5. The van der Waals surface area contributed by atoms with Gasteiger partial charge in [0.25, 0.3) is 0 Å². The third-order valence-electron chi connectivity index (χ3n) is 5.52. The van der Waals surface area contributed by atoms with Gasteiger partial charge in [0.05, 0.1) is 6.04 Å². The molecule has 7 heteroatoms. The van der Waals surface area contributed by atoms with Crippen molar-refractivity contribution in [2.24, 2.45) is 5.92 Å². The van der Waals surface area contributed by atoms with Crippen LogP contribution in [0.2, 0.25) is 20.1 Å². The molecule has 0 bridgehead atoms. The molecule has 1 saturated heterocycles. The Balaban J connectivity index is 1.49. The lowest BCUT2D eigenvalue weighted by atomic mass is 9.88. The molecule has 2 atom stereocenters. The molecule has 2 unspecified atom stereocenters. The van der Waals surface area contributed by atoms with Crippen molar-refractivity contribution in [2.45, 2.75) is 23.8 Å². The molecule has 0 aromatic heterocycles. The molecule has 1 fully saturated rings. The Bertz CT molecular complexity index is 1030. The first-order valence-corrected chi connectivity index (χ1v) is 12.4. The summed E-state index contributed by atoms with van der Waals surface area (Å²) in [7, 11) is 0. The fourth-order valence-corrected chi connectivity index (χ4v) is 5.73. The lowest BCUT2D eigenvalue weighted by Crippen LogP contribution is -2.41. The van der Waals surface area contributed by atoms with Crippen LogP contribution in [-0.4, -0.2) is 13.1 Å². The molecule has 0 saturated carbocycles. The van der Waals surface area contributed by atoms with Gasteiger partial charge in [-0.05, 0) is 90.9 Å². The molecule has 1 N–H and O–H groups in total. The third kappa shape index (κ3) is 6.04. The number of piperidine rings is 1. The number of halogens is 4. The number of hydrogen-bond acceptors (Lipinski definition) is 3. The van der Waals surface area contributed by atoms with Crippen molar-refractivity contribution in [1.29, 1.82) is 0 Å². The lowest BCUT2D eigenvalue weighted by molar-refractivity contribution is 0.361. The van der Waals surface area contributed by atoms with Crippen LogP contribution in [0.3, 0.4) is 0 Å². The number of benzene rings is 3. The Morgan fingerprint density at radius 2 is 1.58 bits per heavy atom. The molecule has 4 rings (SSSR count). The second kappa shape index (κ2) is 10.7. The summed E-state index contributed by atoms with van der Waals surface area (Å²) in [6.45, 7) is 1.83. The van der Waals surface area contributed by atoms with E-state index in [1.165, 1.54) is 0 Å². The average molecular weight is 512 g/mol. The SMILES string of the molecule is Clc1ccc(N2CC(CNSc3cccc(Cl)c3)CCC2c2ccc(Cl)cc2Cl)cc1. The van der Waals surface area contributed by atoms with E-state index in [-0.39, 0.29) is 6.04 Å². The molecule has 0 amide bonds. The number of hydrogen-bond donors (Lipinski definition) is 1. The smallest absolute Gasteiger partial charge is 0.0557 e. The molecule has 1 heterocycles. The van der Waals surface area contributed by atoms with E-state index >= 15 is 0 Å². The van der Waals surface area contributed by atoms with Gasteiger partial charge in [-0.25, -0.2) is 0 Å². The van der Waals surface area contributed by atoms with E-state index in [9.17, 15) is 0 Å². The van der Waals surface area contributed by atoms with Crippen molar-refractivity contribution in [3.63, 3.8) is 0 Å². The zero-order valence-electron chi connectivity index (χ0n) is 16.7. The second-order valence-electron chi connectivity index (χ2n) is 7.66. The van der Waals surface area contributed by atoms with Crippen LogP contribution in [-0.2, 0) is 0 Å². The molecule has 2 nitrogen and oxygen atoms in total. The van der Waals surface area contributed by atoms with Crippen molar-refractivity contribution >= 4 is 64.0 Å². The van der Waals surface area contributed by atoms with Crippen LogP contribution in [0, 0.1) is 5.92 Å². The Morgan fingerprint density at radius 3 is 2.32 bits per heavy atom. The summed E-state index contributed by atoms with van der Waals surface area (Å²) in [5, 5.41) is 2.85. The summed E-state index contributed by atoms with van der Waals surface area (Å²) in [5.74, 6) is 0.504. The average Bonchev–Trinajstić information content (AvgIpc) is 2.75. The van der Waals surface area contributed by atoms with E-state index in [4.69, 9.17) is 46.4 Å². The normalized spacial score (nSPS) is 18.9. The standard InChI is InChI=1S/C24H22Cl4N2S/c25-17-5-8-20(9-6-17)30-15-16(14-29-31-21-3-1-2-18(26)12-21)4-11-24(30)22-10-7-19(27)13-23(22)28/h1-3,5-10,12-13,16,24,29H,4,11,14-15H2. The molecule has 0 radical (unpaired) electrons. The van der Waals surface area contributed by atoms with E-state index < -0.39 is 0 Å². The zero-order chi connectivity index (χ0) is 21.8. The minimum absolute atomic E-state index is 0.197. The van der Waals surface area contributed by atoms with Gasteiger partial charge >= 0.3 is 0 Å². The minimum atomic E-state index is 0.197. The Morgan fingerprint density at radius 1 is 0.839 bits per heavy atom. The Hall–Kier alpha value is -1.07. The van der Waals surface area contributed by atoms with Gasteiger partial charge < -0.3 is 4.90 Å². The van der Waals surface area contributed by atoms with Gasteiger partial charge in [0.1, 0.15) is 0 Å². The highest BCUT2D eigenvalue weighted by Gasteiger charge is 2.30. The summed E-state index contributed by atoms with van der Waals surface area (Å²) in [4.78, 5) is 3.55. The van der Waals surface area contributed by atoms with Gasteiger partial charge in [0, 0.05) is 43.8 Å². The molecule has 1 aliphatic rings. The van der Waals surface area contributed by atoms with Crippen LogP contribution in [0.4, 0.5) is 5.69 Å². The van der Waals surface area contributed by atoms with Crippen LogP contribution in [0.1, 0.15) is 24.4 Å². The molecule has 162 valence electrons. The van der Waals surface area contributed by atoms with Crippen LogP contribution < -0.4 is 9.62 Å². The fourth-order valence-electron chi connectivity index (χ4n) is 4.00. The molecule has 31 heavy (non-hydrogen) atoms. The summed E-state index contributed by atoms with van der Waals surface area (Å²) in [5.41, 5.74) is 2.26. The van der Waals surface area contributed by atoms with Crippen molar-refractivity contribution in [3.8, 4) is 0 Å². The largest absolute Gasteiger partial charge is 0.364 e. The highest BCUT2D eigenvalue weighted by Crippen LogP contribution is 2.40. The molecule has 0 spiro atoms. The van der Waals surface area contributed by atoms with Gasteiger partial charge in [0.2, 0.25) is 0 Å². The van der Waals surface area contributed by atoms with Gasteiger partial charge in [-0.2, -0.15) is 0 Å². The van der Waals surface area contributed by atoms with Crippen LogP contribution in [0.15, 0.2) is 71.6 Å². The van der Waals surface area contributed by atoms with Crippen LogP contribution in [0.25, 0.3) is 0 Å². The second-order valence-corrected chi connectivity index (χ2v) is 10.3. The van der Waals surface area contributed by atoms with E-state index in [1.807, 2.05) is 48.5 Å². The summed E-state index contributed by atoms with van der Waals surface area (Å²) in [6, 6.07) is 21.9.